The van der Waals surface area contributed by atoms with Crippen LogP contribution in [-0.4, -0.2) is 103 Å². The minimum absolute atomic E-state index is 0.0601. The molecule has 0 bridgehead atoms. The van der Waals surface area contributed by atoms with Gasteiger partial charge in [-0.2, -0.15) is 0 Å². The maximum Gasteiger partial charge on any atom is 0.239 e. The Bertz CT molecular complexity index is 798. The first kappa shape index (κ1) is 26.9. The third kappa shape index (κ3) is 5.83. The summed E-state index contributed by atoms with van der Waals surface area (Å²) in [5.74, 6) is 0.615. The van der Waals surface area contributed by atoms with Gasteiger partial charge in [0.1, 0.15) is 5.50 Å². The number of rotatable bonds is 5. The first-order chi connectivity index (χ1) is 17.3. The molecule has 0 aromatic rings. The summed E-state index contributed by atoms with van der Waals surface area (Å²) in [7, 11) is 1.75. The van der Waals surface area contributed by atoms with E-state index in [0.29, 0.717) is 25.7 Å². The number of methoxy groups -OCH3 is 1. The Kier molecular flexibility index (Phi) is 8.68. The molecule has 2 amide bonds. The topological polar surface area (TPSA) is 119 Å². The molecular weight excluding hydrogens is 502 g/mol. The van der Waals surface area contributed by atoms with Crippen molar-refractivity contribution in [2.45, 2.75) is 79.8 Å². The molecule has 11 atom stereocenters. The Morgan fingerprint density at radius 1 is 1.06 bits per heavy atom. The van der Waals surface area contributed by atoms with Crippen LogP contribution in [0.3, 0.4) is 0 Å². The van der Waals surface area contributed by atoms with Crippen LogP contribution in [0.25, 0.3) is 0 Å². The van der Waals surface area contributed by atoms with Crippen molar-refractivity contribution in [3.63, 3.8) is 0 Å². The van der Waals surface area contributed by atoms with Crippen molar-refractivity contribution in [2.24, 2.45) is 17.8 Å². The maximum absolute atomic E-state index is 13.5. The molecule has 10 nitrogen and oxygen atoms in total. The van der Waals surface area contributed by atoms with E-state index in [9.17, 15) is 9.59 Å². The Hall–Kier alpha value is -0.660. The third-order valence-electron chi connectivity index (χ3n) is 8.68. The lowest BCUT2D eigenvalue weighted by Crippen LogP contribution is -2.58. The van der Waals surface area contributed by atoms with Gasteiger partial charge in [0.15, 0.2) is 0 Å². The van der Waals surface area contributed by atoms with Crippen LogP contribution in [0.5, 0.6) is 0 Å². The van der Waals surface area contributed by atoms with E-state index in [2.05, 4.69) is 38.8 Å². The van der Waals surface area contributed by atoms with E-state index in [0.717, 1.165) is 32.4 Å². The van der Waals surface area contributed by atoms with Crippen molar-refractivity contribution in [3.05, 3.63) is 0 Å². The number of alkyl halides is 1. The van der Waals surface area contributed by atoms with Crippen LogP contribution in [0.15, 0.2) is 0 Å². The van der Waals surface area contributed by atoms with Gasteiger partial charge in [0.05, 0.1) is 29.7 Å². The lowest BCUT2D eigenvalue weighted by atomic mass is 9.70. The molecule has 12 heteroatoms. The molecule has 0 aromatic heterocycles. The molecule has 0 aromatic carbocycles. The normalized spacial score (nSPS) is 45.3. The number of amides is 2. The number of carbonyl (C=O) groups is 2. The fourth-order valence-corrected chi connectivity index (χ4v) is 8.45. The molecule has 5 fully saturated rings. The highest BCUT2D eigenvalue weighted by molar-refractivity contribution is 8.00. The summed E-state index contributed by atoms with van der Waals surface area (Å²) in [4.78, 5) is 28.6. The fourth-order valence-electron chi connectivity index (χ4n) is 6.75. The standard InChI is InChI=1S/C24H42ClN7O3S/c1-12-6-14(15-7-21(25)28-9-19(15)35-3)16(8-27-12)22(33)31-24-30-18-10-32(11-20(18)36-24)23(34)17-4-5-26-13(2)29-17/h12-21,24,26-30H,4-11H2,1-3H3,(H,31,33). The summed E-state index contributed by atoms with van der Waals surface area (Å²) in [6.07, 6.45) is 2.77. The largest absolute Gasteiger partial charge is 0.380 e. The quantitative estimate of drug-likeness (QED) is 0.200. The number of hydrogen-bond acceptors (Lipinski definition) is 9. The van der Waals surface area contributed by atoms with E-state index < -0.39 is 0 Å². The molecule has 0 saturated carbocycles. The summed E-state index contributed by atoms with van der Waals surface area (Å²) < 4.78 is 5.80. The van der Waals surface area contributed by atoms with Crippen LogP contribution in [0.4, 0.5) is 0 Å². The number of carbonyl (C=O) groups excluding carboxylic acids is 2. The molecule has 36 heavy (non-hydrogen) atoms. The zero-order valence-electron chi connectivity index (χ0n) is 21.5. The smallest absolute Gasteiger partial charge is 0.239 e. The molecule has 0 spiro atoms. The zero-order chi connectivity index (χ0) is 25.4. The summed E-state index contributed by atoms with van der Waals surface area (Å²) in [5, 5.41) is 20.6. The number of nitrogens with one attached hydrogen (secondary N) is 6. The summed E-state index contributed by atoms with van der Waals surface area (Å²) in [6, 6.07) is 0.444. The van der Waals surface area contributed by atoms with E-state index in [1.807, 2.05) is 11.8 Å². The number of piperidine rings is 2. The highest BCUT2D eigenvalue weighted by Crippen LogP contribution is 2.38. The minimum atomic E-state index is -0.131. The first-order valence-electron chi connectivity index (χ1n) is 13.5. The monoisotopic (exact) mass is 543 g/mol. The van der Waals surface area contributed by atoms with Crippen LogP contribution in [0, 0.1) is 17.8 Å². The molecule has 5 aliphatic rings. The second-order valence-corrected chi connectivity index (χ2v) is 13.0. The molecule has 204 valence electrons. The Morgan fingerprint density at radius 2 is 1.89 bits per heavy atom. The molecule has 5 aliphatic heterocycles. The minimum Gasteiger partial charge on any atom is -0.380 e. The first-order valence-corrected chi connectivity index (χ1v) is 14.8. The van der Waals surface area contributed by atoms with Gasteiger partial charge in [-0.15, -0.1) is 23.4 Å². The average molecular weight is 544 g/mol. The van der Waals surface area contributed by atoms with Gasteiger partial charge in [0.2, 0.25) is 11.8 Å². The van der Waals surface area contributed by atoms with Crippen LogP contribution >= 0.6 is 23.4 Å². The maximum atomic E-state index is 13.5. The number of hydrogen-bond donors (Lipinski definition) is 6. The highest BCUT2D eigenvalue weighted by atomic mass is 35.5. The van der Waals surface area contributed by atoms with E-state index in [-0.39, 0.29) is 70.2 Å². The van der Waals surface area contributed by atoms with Crippen LogP contribution in [-0.2, 0) is 14.3 Å². The highest BCUT2D eigenvalue weighted by Gasteiger charge is 2.47. The lowest BCUT2D eigenvalue weighted by molar-refractivity contribution is -0.133. The zero-order valence-corrected chi connectivity index (χ0v) is 23.0. The van der Waals surface area contributed by atoms with Gasteiger partial charge in [0, 0.05) is 50.6 Å². The molecule has 0 aliphatic carbocycles. The van der Waals surface area contributed by atoms with E-state index in [1.165, 1.54) is 0 Å². The fraction of sp³-hybridized carbons (Fsp3) is 0.917. The SMILES string of the molecule is COC1CNC(Cl)CC1C1CC(C)NCC1C(=O)NC1NC2CN(C(=O)C3CCNC(C)N3)CC2S1. The summed E-state index contributed by atoms with van der Waals surface area (Å²) in [6.45, 7) is 7.88. The van der Waals surface area contributed by atoms with Crippen LogP contribution < -0.4 is 31.9 Å². The number of ether oxygens (including phenoxy) is 1. The predicted octanol–water partition coefficient (Wildman–Crippen LogP) is -0.597. The molecule has 6 N–H and O–H groups in total. The van der Waals surface area contributed by atoms with Gasteiger partial charge in [-0.1, -0.05) is 0 Å². The Balaban J connectivity index is 1.16. The van der Waals surface area contributed by atoms with Crippen LogP contribution in [0.1, 0.15) is 33.1 Å². The number of nitrogens with zero attached hydrogens (tertiary/aromatic N) is 1. The van der Waals surface area contributed by atoms with Crippen LogP contribution in [0.2, 0.25) is 0 Å². The van der Waals surface area contributed by atoms with Gasteiger partial charge < -0.3 is 25.6 Å². The molecule has 5 rings (SSSR count). The van der Waals surface area contributed by atoms with Crippen molar-refractivity contribution < 1.29 is 14.3 Å². The van der Waals surface area contributed by atoms with E-state index >= 15 is 0 Å². The average Bonchev–Trinajstić information content (AvgIpc) is 3.42. The van der Waals surface area contributed by atoms with Gasteiger partial charge in [-0.3, -0.25) is 25.5 Å². The summed E-state index contributed by atoms with van der Waals surface area (Å²) >= 11 is 8.21. The van der Waals surface area contributed by atoms with Crippen molar-refractivity contribution >= 4 is 35.2 Å². The van der Waals surface area contributed by atoms with E-state index in [4.69, 9.17) is 16.3 Å². The number of likely N-dealkylation sites (tertiary alicyclic amines) is 1. The number of thioether (sulfide) groups is 1. The molecule has 5 saturated heterocycles. The second-order valence-electron chi connectivity index (χ2n) is 11.1. The Labute approximate surface area is 223 Å². The summed E-state index contributed by atoms with van der Waals surface area (Å²) in [5.41, 5.74) is -0.218. The van der Waals surface area contributed by atoms with E-state index in [1.54, 1.807) is 18.9 Å². The Morgan fingerprint density at radius 3 is 2.64 bits per heavy atom. The second kappa shape index (κ2) is 11.6. The van der Waals surface area contributed by atoms with Gasteiger partial charge in [-0.25, -0.2) is 0 Å². The van der Waals surface area contributed by atoms with Gasteiger partial charge >= 0.3 is 0 Å². The van der Waals surface area contributed by atoms with Crippen molar-refractivity contribution in [3.8, 4) is 0 Å². The van der Waals surface area contributed by atoms with Gasteiger partial charge in [-0.05, 0) is 51.5 Å². The predicted molar refractivity (Wildman–Crippen MR) is 141 cm³/mol. The number of halogens is 1. The third-order valence-corrected chi connectivity index (χ3v) is 10.4. The van der Waals surface area contributed by atoms with Gasteiger partial charge in [0.25, 0.3) is 0 Å². The lowest BCUT2D eigenvalue weighted by Gasteiger charge is -2.45. The molecule has 5 heterocycles. The molecule has 11 unspecified atom stereocenters. The number of fused-ring (bicyclic) bond motifs is 1. The molecule has 0 radical (unpaired) electrons. The van der Waals surface area contributed by atoms with Crippen molar-refractivity contribution in [1.82, 2.24) is 36.8 Å². The van der Waals surface area contributed by atoms with Crippen molar-refractivity contribution in [1.29, 1.82) is 0 Å². The molecular formula is C24H42ClN7O3S. The van der Waals surface area contributed by atoms with Crippen molar-refractivity contribution in [2.75, 3.05) is 39.8 Å².